The quantitative estimate of drug-likeness (QED) is 0.435. The second-order valence-electron chi connectivity index (χ2n) is 5.64. The Morgan fingerprint density at radius 1 is 1.07 bits per heavy atom. The lowest BCUT2D eigenvalue weighted by molar-refractivity contribution is 0.0599. The topological polar surface area (TPSA) is 94.3 Å². The Morgan fingerprint density at radius 3 is 2.41 bits per heavy atom. The summed E-state index contributed by atoms with van der Waals surface area (Å²) in [6.07, 6.45) is 0. The van der Waals surface area contributed by atoms with Crippen LogP contribution in [0.4, 0.5) is 0 Å². The normalized spacial score (nSPS) is 11.1. The summed E-state index contributed by atoms with van der Waals surface area (Å²) >= 11 is 0. The SMILES string of the molecule is CN=C(NCc1ccc(OC)c(OC)c1)NCc1cc(C(=O)OC)c(C)o1. The average Bonchev–Trinajstić information content (AvgIpc) is 3.07. The van der Waals surface area contributed by atoms with Crippen LogP contribution in [-0.2, 0) is 17.8 Å². The lowest BCUT2D eigenvalue weighted by atomic mass is 10.2. The molecule has 0 aliphatic carbocycles. The molecule has 0 fully saturated rings. The van der Waals surface area contributed by atoms with Crippen LogP contribution in [0, 0.1) is 6.92 Å². The summed E-state index contributed by atoms with van der Waals surface area (Å²) in [5.74, 6) is 2.66. The Labute approximate surface area is 158 Å². The summed E-state index contributed by atoms with van der Waals surface area (Å²) in [6, 6.07) is 7.36. The summed E-state index contributed by atoms with van der Waals surface area (Å²) in [5, 5.41) is 6.35. The molecule has 2 N–H and O–H groups in total. The predicted octanol–water partition coefficient (Wildman–Crippen LogP) is 2.26. The van der Waals surface area contributed by atoms with Crippen molar-refractivity contribution in [3.63, 3.8) is 0 Å². The van der Waals surface area contributed by atoms with Crippen LogP contribution in [0.25, 0.3) is 0 Å². The maximum atomic E-state index is 11.6. The van der Waals surface area contributed by atoms with E-state index < -0.39 is 5.97 Å². The lowest BCUT2D eigenvalue weighted by Crippen LogP contribution is -2.36. The minimum absolute atomic E-state index is 0.378. The molecule has 0 aliphatic heterocycles. The highest BCUT2D eigenvalue weighted by Crippen LogP contribution is 2.27. The van der Waals surface area contributed by atoms with E-state index in [0.717, 1.165) is 5.56 Å². The smallest absolute Gasteiger partial charge is 0.341 e. The summed E-state index contributed by atoms with van der Waals surface area (Å²) in [5.41, 5.74) is 1.43. The first-order valence-corrected chi connectivity index (χ1v) is 8.35. The number of carbonyl (C=O) groups is 1. The summed E-state index contributed by atoms with van der Waals surface area (Å²) < 4.78 is 20.8. The van der Waals surface area contributed by atoms with E-state index in [2.05, 4.69) is 15.6 Å². The number of hydrogen-bond acceptors (Lipinski definition) is 6. The molecule has 0 spiro atoms. The van der Waals surface area contributed by atoms with Crippen molar-refractivity contribution in [2.75, 3.05) is 28.4 Å². The van der Waals surface area contributed by atoms with Crippen molar-refractivity contribution >= 4 is 11.9 Å². The van der Waals surface area contributed by atoms with Crippen molar-refractivity contribution in [3.05, 3.63) is 46.9 Å². The Morgan fingerprint density at radius 2 is 1.78 bits per heavy atom. The number of ether oxygens (including phenoxy) is 3. The third-order valence-electron chi connectivity index (χ3n) is 3.94. The van der Waals surface area contributed by atoms with Crippen LogP contribution in [0.3, 0.4) is 0 Å². The Bertz CT molecular complexity index is 814. The van der Waals surface area contributed by atoms with Crippen LogP contribution >= 0.6 is 0 Å². The zero-order valence-corrected chi connectivity index (χ0v) is 16.2. The van der Waals surface area contributed by atoms with Crippen molar-refractivity contribution < 1.29 is 23.4 Å². The largest absolute Gasteiger partial charge is 0.493 e. The Kier molecular flexibility index (Phi) is 7.10. The third-order valence-corrected chi connectivity index (χ3v) is 3.94. The number of carbonyl (C=O) groups excluding carboxylic acids is 1. The number of nitrogens with zero attached hydrogens (tertiary/aromatic N) is 1. The predicted molar refractivity (Wildman–Crippen MR) is 101 cm³/mol. The van der Waals surface area contributed by atoms with Gasteiger partial charge in [-0.25, -0.2) is 4.79 Å². The van der Waals surface area contributed by atoms with E-state index in [1.165, 1.54) is 7.11 Å². The number of guanidine groups is 1. The molecule has 146 valence electrons. The summed E-state index contributed by atoms with van der Waals surface area (Å²) in [6.45, 7) is 2.65. The van der Waals surface area contributed by atoms with E-state index in [9.17, 15) is 4.79 Å². The van der Waals surface area contributed by atoms with Gasteiger partial charge in [-0.15, -0.1) is 0 Å². The van der Waals surface area contributed by atoms with Gasteiger partial charge in [0.25, 0.3) is 0 Å². The Balaban J connectivity index is 1.94. The molecule has 0 atom stereocenters. The molecule has 27 heavy (non-hydrogen) atoms. The van der Waals surface area contributed by atoms with Gasteiger partial charge in [-0.05, 0) is 30.7 Å². The van der Waals surface area contributed by atoms with Gasteiger partial charge in [0, 0.05) is 13.6 Å². The van der Waals surface area contributed by atoms with Crippen LogP contribution < -0.4 is 20.1 Å². The van der Waals surface area contributed by atoms with E-state index in [1.54, 1.807) is 34.3 Å². The lowest BCUT2D eigenvalue weighted by Gasteiger charge is -2.13. The Hall–Kier alpha value is -3.16. The van der Waals surface area contributed by atoms with Gasteiger partial charge in [0.2, 0.25) is 0 Å². The van der Waals surface area contributed by atoms with Crippen molar-refractivity contribution in [3.8, 4) is 11.5 Å². The number of aliphatic imine (C=N–C) groups is 1. The van der Waals surface area contributed by atoms with Gasteiger partial charge in [-0.3, -0.25) is 4.99 Å². The molecule has 8 heteroatoms. The first-order chi connectivity index (χ1) is 13.0. The number of esters is 1. The fraction of sp³-hybridized carbons (Fsp3) is 0.368. The van der Waals surface area contributed by atoms with E-state index in [-0.39, 0.29) is 0 Å². The fourth-order valence-corrected chi connectivity index (χ4v) is 2.51. The molecule has 0 saturated heterocycles. The van der Waals surface area contributed by atoms with Crippen molar-refractivity contribution in [1.82, 2.24) is 10.6 Å². The third kappa shape index (κ3) is 5.16. The monoisotopic (exact) mass is 375 g/mol. The average molecular weight is 375 g/mol. The number of aryl methyl sites for hydroxylation is 1. The number of nitrogens with one attached hydrogen (secondary N) is 2. The molecule has 2 rings (SSSR count). The molecule has 1 aromatic carbocycles. The molecule has 0 radical (unpaired) electrons. The van der Waals surface area contributed by atoms with E-state index in [4.69, 9.17) is 18.6 Å². The van der Waals surface area contributed by atoms with Crippen molar-refractivity contribution in [1.29, 1.82) is 0 Å². The number of furan rings is 1. The maximum absolute atomic E-state index is 11.6. The molecular weight excluding hydrogens is 350 g/mol. The molecular formula is C19H25N3O5. The molecule has 0 unspecified atom stereocenters. The number of hydrogen-bond donors (Lipinski definition) is 2. The van der Waals surface area contributed by atoms with E-state index >= 15 is 0 Å². The minimum Gasteiger partial charge on any atom is -0.493 e. The second-order valence-corrected chi connectivity index (χ2v) is 5.64. The first-order valence-electron chi connectivity index (χ1n) is 8.35. The number of methoxy groups -OCH3 is 3. The number of benzene rings is 1. The van der Waals surface area contributed by atoms with Crippen LogP contribution in [0.5, 0.6) is 11.5 Å². The fourth-order valence-electron chi connectivity index (χ4n) is 2.51. The molecule has 2 aromatic rings. The number of rotatable bonds is 7. The van der Waals surface area contributed by atoms with Gasteiger partial charge in [-0.2, -0.15) is 0 Å². The summed E-state index contributed by atoms with van der Waals surface area (Å²) in [4.78, 5) is 15.8. The van der Waals surface area contributed by atoms with E-state index in [0.29, 0.717) is 47.6 Å². The zero-order valence-electron chi connectivity index (χ0n) is 16.2. The van der Waals surface area contributed by atoms with Gasteiger partial charge >= 0.3 is 5.97 Å². The molecule has 1 aromatic heterocycles. The zero-order chi connectivity index (χ0) is 19.8. The highest BCUT2D eigenvalue weighted by atomic mass is 16.5. The highest BCUT2D eigenvalue weighted by molar-refractivity contribution is 5.90. The van der Waals surface area contributed by atoms with Gasteiger partial charge in [0.1, 0.15) is 17.1 Å². The molecule has 8 nitrogen and oxygen atoms in total. The van der Waals surface area contributed by atoms with Gasteiger partial charge in [0.15, 0.2) is 17.5 Å². The van der Waals surface area contributed by atoms with Crippen molar-refractivity contribution in [2.24, 2.45) is 4.99 Å². The molecule has 0 amide bonds. The van der Waals surface area contributed by atoms with Gasteiger partial charge in [0.05, 0.1) is 27.9 Å². The molecule has 0 aliphatic rings. The summed E-state index contributed by atoms with van der Waals surface area (Å²) in [7, 11) is 6.22. The standard InChI is InChI=1S/C19H25N3O5/c1-12-15(18(23)26-5)9-14(27-12)11-22-19(20-2)21-10-13-6-7-16(24-3)17(8-13)25-4/h6-9H,10-11H2,1-5H3,(H2,20,21,22). The van der Waals surface area contributed by atoms with Crippen molar-refractivity contribution in [2.45, 2.75) is 20.0 Å². The molecule has 0 saturated carbocycles. The van der Waals surface area contributed by atoms with Crippen LogP contribution in [-0.4, -0.2) is 40.3 Å². The second kappa shape index (κ2) is 9.51. The molecule has 1 heterocycles. The highest BCUT2D eigenvalue weighted by Gasteiger charge is 2.15. The van der Waals surface area contributed by atoms with Crippen LogP contribution in [0.1, 0.15) is 27.4 Å². The minimum atomic E-state index is -0.418. The van der Waals surface area contributed by atoms with E-state index in [1.807, 2.05) is 18.2 Å². The maximum Gasteiger partial charge on any atom is 0.341 e. The first kappa shape index (κ1) is 20.2. The van der Waals surface area contributed by atoms with Crippen LogP contribution in [0.15, 0.2) is 33.7 Å². The van der Waals surface area contributed by atoms with Gasteiger partial charge < -0.3 is 29.3 Å². The van der Waals surface area contributed by atoms with Crippen LogP contribution in [0.2, 0.25) is 0 Å². The van der Waals surface area contributed by atoms with Gasteiger partial charge in [-0.1, -0.05) is 6.07 Å². The molecule has 0 bridgehead atoms.